The van der Waals surface area contributed by atoms with E-state index in [0.29, 0.717) is 6.61 Å². The normalized spacial score (nSPS) is 9.81. The van der Waals surface area contributed by atoms with Crippen molar-refractivity contribution >= 4 is 5.94 Å². The number of unbranched alkanes of at least 4 members (excludes halogenated alkanes) is 9. The van der Waals surface area contributed by atoms with Gasteiger partial charge in [0.2, 0.25) is 0 Å². The van der Waals surface area contributed by atoms with Gasteiger partial charge in [0.25, 0.3) is 0 Å². The van der Waals surface area contributed by atoms with Gasteiger partial charge in [0.05, 0.1) is 6.61 Å². The van der Waals surface area contributed by atoms with E-state index in [4.69, 9.17) is 4.74 Å². The van der Waals surface area contributed by atoms with E-state index in [1.807, 2.05) is 0 Å². The Morgan fingerprint density at radius 3 is 1.88 bits per heavy atom. The molecular formula is C14H26O2. The highest BCUT2D eigenvalue weighted by Crippen LogP contribution is 2.10. The molecule has 2 nitrogen and oxygen atoms in total. The molecule has 0 fully saturated rings. The quantitative estimate of drug-likeness (QED) is 0.282. The number of rotatable bonds is 12. The summed E-state index contributed by atoms with van der Waals surface area (Å²) in [7, 11) is 0. The average Bonchev–Trinajstić information content (AvgIpc) is 2.31. The molecule has 2 heteroatoms. The van der Waals surface area contributed by atoms with Gasteiger partial charge in [-0.05, 0) is 6.42 Å². The lowest BCUT2D eigenvalue weighted by atomic mass is 10.1. The van der Waals surface area contributed by atoms with Gasteiger partial charge < -0.3 is 4.74 Å². The molecule has 0 spiro atoms. The molecule has 0 amide bonds. The van der Waals surface area contributed by atoms with Crippen molar-refractivity contribution in [3.8, 4) is 0 Å². The Labute approximate surface area is 100 Å². The molecule has 0 radical (unpaired) electrons. The summed E-state index contributed by atoms with van der Waals surface area (Å²) >= 11 is 0. The molecule has 0 heterocycles. The monoisotopic (exact) mass is 226 g/mol. The van der Waals surface area contributed by atoms with Crippen LogP contribution in [0.4, 0.5) is 0 Å². The van der Waals surface area contributed by atoms with E-state index in [2.05, 4.69) is 6.92 Å². The van der Waals surface area contributed by atoms with Gasteiger partial charge in [-0.3, -0.25) is 0 Å². The summed E-state index contributed by atoms with van der Waals surface area (Å²) in [5.74, 6) is 1.61. The van der Waals surface area contributed by atoms with Gasteiger partial charge >= 0.3 is 0 Å². The van der Waals surface area contributed by atoms with Crippen molar-refractivity contribution < 1.29 is 9.53 Å². The molecule has 0 aromatic rings. The smallest absolute Gasteiger partial charge is 0.166 e. The Morgan fingerprint density at radius 1 is 0.875 bits per heavy atom. The highest BCUT2D eigenvalue weighted by atomic mass is 16.5. The van der Waals surface area contributed by atoms with E-state index in [9.17, 15) is 4.79 Å². The summed E-state index contributed by atoms with van der Waals surface area (Å²) in [4.78, 5) is 9.78. The molecule has 0 aromatic heterocycles. The predicted octanol–water partition coefficient (Wildman–Crippen LogP) is 4.27. The lowest BCUT2D eigenvalue weighted by Crippen LogP contribution is -1.88. The number of carbonyl (C=O) groups excluding carboxylic acids is 1. The van der Waals surface area contributed by atoms with E-state index < -0.39 is 0 Å². The fourth-order valence-electron chi connectivity index (χ4n) is 1.77. The van der Waals surface area contributed by atoms with Crippen LogP contribution in [0.25, 0.3) is 0 Å². The van der Waals surface area contributed by atoms with Gasteiger partial charge in [-0.15, -0.1) is 0 Å². The van der Waals surface area contributed by atoms with Crippen LogP contribution in [0.1, 0.15) is 71.1 Å². The van der Waals surface area contributed by atoms with Crippen molar-refractivity contribution in [1.82, 2.24) is 0 Å². The summed E-state index contributed by atoms with van der Waals surface area (Å²) in [6, 6.07) is 0. The van der Waals surface area contributed by atoms with Crippen LogP contribution in [0.15, 0.2) is 6.26 Å². The zero-order chi connectivity index (χ0) is 11.9. The van der Waals surface area contributed by atoms with E-state index in [1.54, 1.807) is 5.94 Å². The number of ether oxygens (including phenoxy) is 1. The first-order chi connectivity index (χ1) is 7.91. The third kappa shape index (κ3) is 13.2. The molecular weight excluding hydrogens is 200 g/mol. The highest BCUT2D eigenvalue weighted by Gasteiger charge is 1.92. The topological polar surface area (TPSA) is 26.3 Å². The maximum absolute atomic E-state index is 9.78. The van der Waals surface area contributed by atoms with Gasteiger partial charge in [0.15, 0.2) is 12.2 Å². The molecule has 16 heavy (non-hydrogen) atoms. The molecule has 0 aromatic carbocycles. The standard InChI is InChI=1S/C14H26O2/c1-2-3-4-5-6-7-8-9-10-11-13-16-14-12-15/h14H,2-11,13H2,1H3. The molecule has 0 saturated heterocycles. The average molecular weight is 226 g/mol. The van der Waals surface area contributed by atoms with Crippen LogP contribution in [-0.2, 0) is 9.53 Å². The summed E-state index contributed by atoms with van der Waals surface area (Å²) in [5.41, 5.74) is 0. The fraction of sp³-hybridized carbons (Fsp3) is 0.857. The molecule has 0 unspecified atom stereocenters. The minimum Gasteiger partial charge on any atom is -0.490 e. The number of hydrogen-bond donors (Lipinski definition) is 0. The Kier molecular flexibility index (Phi) is 13.6. The Hall–Kier alpha value is -0.750. The van der Waals surface area contributed by atoms with Crippen molar-refractivity contribution in [2.24, 2.45) is 0 Å². The van der Waals surface area contributed by atoms with E-state index in [1.165, 1.54) is 57.8 Å². The summed E-state index contributed by atoms with van der Waals surface area (Å²) in [6.45, 7) is 2.91. The Morgan fingerprint density at radius 2 is 1.38 bits per heavy atom. The van der Waals surface area contributed by atoms with Crippen molar-refractivity contribution in [2.75, 3.05) is 6.61 Å². The van der Waals surface area contributed by atoms with Crippen LogP contribution in [0.5, 0.6) is 0 Å². The van der Waals surface area contributed by atoms with Gasteiger partial charge in [0, 0.05) is 0 Å². The fourth-order valence-corrected chi connectivity index (χ4v) is 1.77. The molecule has 0 saturated carbocycles. The van der Waals surface area contributed by atoms with E-state index in [0.717, 1.165) is 12.7 Å². The largest absolute Gasteiger partial charge is 0.490 e. The minimum absolute atomic E-state index is 0.658. The van der Waals surface area contributed by atoms with Crippen molar-refractivity contribution in [3.05, 3.63) is 6.26 Å². The van der Waals surface area contributed by atoms with Gasteiger partial charge in [0.1, 0.15) is 0 Å². The number of hydrogen-bond acceptors (Lipinski definition) is 2. The van der Waals surface area contributed by atoms with Crippen LogP contribution >= 0.6 is 0 Å². The predicted molar refractivity (Wildman–Crippen MR) is 68.1 cm³/mol. The third-order valence-electron chi connectivity index (χ3n) is 2.75. The molecule has 0 aliphatic heterocycles. The first-order valence-electron chi connectivity index (χ1n) is 6.72. The molecule has 0 bridgehead atoms. The van der Waals surface area contributed by atoms with Crippen molar-refractivity contribution in [1.29, 1.82) is 0 Å². The Bertz CT molecular complexity index is 172. The molecule has 0 aliphatic rings. The lowest BCUT2D eigenvalue weighted by molar-refractivity contribution is 0.242. The zero-order valence-corrected chi connectivity index (χ0v) is 10.7. The van der Waals surface area contributed by atoms with Crippen LogP contribution in [0.2, 0.25) is 0 Å². The van der Waals surface area contributed by atoms with Crippen LogP contribution in [0.3, 0.4) is 0 Å². The molecule has 94 valence electrons. The lowest BCUT2D eigenvalue weighted by Gasteiger charge is -2.02. The first kappa shape index (κ1) is 15.2. The van der Waals surface area contributed by atoms with Gasteiger partial charge in [-0.2, -0.15) is 0 Å². The Balaban J connectivity index is 2.90. The van der Waals surface area contributed by atoms with Crippen LogP contribution in [-0.4, -0.2) is 12.5 Å². The second-order valence-corrected chi connectivity index (χ2v) is 4.29. The molecule has 0 aliphatic carbocycles. The van der Waals surface area contributed by atoms with E-state index in [-0.39, 0.29) is 0 Å². The summed E-state index contributed by atoms with van der Waals surface area (Å²) < 4.78 is 4.91. The van der Waals surface area contributed by atoms with Gasteiger partial charge in [-0.1, -0.05) is 64.7 Å². The molecule has 0 rings (SSSR count). The second-order valence-electron chi connectivity index (χ2n) is 4.29. The third-order valence-corrected chi connectivity index (χ3v) is 2.75. The van der Waals surface area contributed by atoms with Crippen molar-refractivity contribution in [3.63, 3.8) is 0 Å². The van der Waals surface area contributed by atoms with Crippen molar-refractivity contribution in [2.45, 2.75) is 71.1 Å². The zero-order valence-electron chi connectivity index (χ0n) is 10.7. The highest BCUT2D eigenvalue weighted by molar-refractivity contribution is 5.42. The second kappa shape index (κ2) is 14.2. The minimum atomic E-state index is 0.658. The van der Waals surface area contributed by atoms with Crippen LogP contribution < -0.4 is 0 Å². The maximum atomic E-state index is 9.78. The SMILES string of the molecule is CCCCCCCCCCCCOC=C=O. The van der Waals surface area contributed by atoms with Crippen LogP contribution in [0, 0.1) is 0 Å². The maximum Gasteiger partial charge on any atom is 0.166 e. The summed E-state index contributed by atoms with van der Waals surface area (Å²) in [5, 5.41) is 0. The first-order valence-corrected chi connectivity index (χ1v) is 6.72. The van der Waals surface area contributed by atoms with E-state index >= 15 is 0 Å². The summed E-state index contributed by atoms with van der Waals surface area (Å²) in [6.07, 6.45) is 14.3. The molecule has 0 N–H and O–H groups in total. The molecule has 0 atom stereocenters. The van der Waals surface area contributed by atoms with Gasteiger partial charge in [-0.25, -0.2) is 4.79 Å².